The minimum absolute atomic E-state index is 0.208. The molecule has 0 aromatic heterocycles. The topological polar surface area (TPSA) is 61.8 Å². The molecule has 0 N–H and O–H groups in total. The Morgan fingerprint density at radius 3 is 2.07 bits per heavy atom. The van der Waals surface area contributed by atoms with Gasteiger partial charge in [-0.2, -0.15) is 0 Å². The number of ether oxygens (including phenoxy) is 3. The minimum Gasteiger partial charge on any atom is -0.489 e. The number of fused-ring (bicyclic) bond motifs is 1. The van der Waals surface area contributed by atoms with Gasteiger partial charge in [0.1, 0.15) is 18.1 Å². The maximum absolute atomic E-state index is 12.3. The third kappa shape index (κ3) is 7.04. The molecule has 3 aromatic rings. The molecule has 1 aliphatic carbocycles. The van der Waals surface area contributed by atoms with Gasteiger partial charge < -0.3 is 14.2 Å². The van der Waals surface area contributed by atoms with Gasteiger partial charge in [0.05, 0.1) is 6.61 Å². The quantitative estimate of drug-likeness (QED) is 0.110. The second kappa shape index (κ2) is 12.4. The first-order valence-corrected chi connectivity index (χ1v) is 13.8. The first-order valence-electron chi connectivity index (χ1n) is 13.8. The van der Waals surface area contributed by atoms with Crippen LogP contribution in [0.15, 0.2) is 85.0 Å². The average Bonchev–Trinajstić information content (AvgIpc) is 3.33. The molecule has 0 aliphatic heterocycles. The number of esters is 2. The van der Waals surface area contributed by atoms with Crippen LogP contribution < -0.4 is 9.47 Å². The lowest BCUT2D eigenvalue weighted by Gasteiger charge is -2.17. The Labute approximate surface area is 243 Å². The third-order valence-corrected chi connectivity index (χ3v) is 7.23. The molecular formula is C36H38O5. The molecule has 0 amide bonds. The van der Waals surface area contributed by atoms with E-state index in [0.29, 0.717) is 35.9 Å². The molecule has 3 aromatic carbocycles. The Morgan fingerprint density at radius 1 is 0.805 bits per heavy atom. The van der Waals surface area contributed by atoms with Gasteiger partial charge in [-0.05, 0) is 110 Å². The minimum atomic E-state index is -0.482. The molecule has 0 bridgehead atoms. The molecule has 0 spiro atoms. The number of benzene rings is 3. The Balaban J connectivity index is 1.64. The van der Waals surface area contributed by atoms with Crippen LogP contribution in [0.2, 0.25) is 0 Å². The van der Waals surface area contributed by atoms with E-state index in [4.69, 9.17) is 14.2 Å². The Morgan fingerprint density at radius 2 is 1.44 bits per heavy atom. The van der Waals surface area contributed by atoms with E-state index < -0.39 is 5.97 Å². The van der Waals surface area contributed by atoms with Crippen molar-refractivity contribution in [3.8, 4) is 33.8 Å². The lowest BCUT2D eigenvalue weighted by Crippen LogP contribution is -2.11. The predicted octanol–water partition coefficient (Wildman–Crippen LogP) is 8.22. The van der Waals surface area contributed by atoms with Crippen LogP contribution in [0.3, 0.4) is 0 Å². The summed E-state index contributed by atoms with van der Waals surface area (Å²) in [6.07, 6.45) is 1.92. The number of aryl methyl sites for hydroxylation is 3. The molecule has 0 saturated carbocycles. The molecule has 212 valence electrons. The molecule has 5 heteroatoms. The van der Waals surface area contributed by atoms with Crippen LogP contribution in [-0.2, 0) is 20.7 Å². The number of rotatable bonds is 10. The van der Waals surface area contributed by atoms with E-state index in [1.54, 1.807) is 19.9 Å². The number of hydrogen-bond donors (Lipinski definition) is 0. The van der Waals surface area contributed by atoms with Gasteiger partial charge in [0.2, 0.25) is 0 Å². The van der Waals surface area contributed by atoms with E-state index in [2.05, 4.69) is 63.9 Å². The number of carbonyl (C=O) groups excluding carboxylic acids is 2. The van der Waals surface area contributed by atoms with E-state index in [0.717, 1.165) is 51.8 Å². The molecular weight excluding hydrogens is 512 g/mol. The van der Waals surface area contributed by atoms with Crippen LogP contribution in [-0.4, -0.2) is 25.2 Å². The van der Waals surface area contributed by atoms with Crippen molar-refractivity contribution < 1.29 is 23.8 Å². The van der Waals surface area contributed by atoms with E-state index in [1.807, 2.05) is 19.1 Å². The summed E-state index contributed by atoms with van der Waals surface area (Å²) in [7, 11) is 0. The molecule has 0 fully saturated rings. The molecule has 0 saturated heterocycles. The first-order chi connectivity index (χ1) is 19.4. The highest BCUT2D eigenvalue weighted by Gasteiger charge is 2.25. The highest BCUT2D eigenvalue weighted by atomic mass is 16.5. The van der Waals surface area contributed by atoms with E-state index in [1.165, 1.54) is 11.1 Å². The number of hydrogen-bond acceptors (Lipinski definition) is 5. The lowest BCUT2D eigenvalue weighted by molar-refractivity contribution is -0.139. The zero-order valence-corrected chi connectivity index (χ0v) is 24.7. The standard InChI is InChI=1S/C36H38O5/c1-21(2)19-39-30-16-29(17-31(18-30)41-36(38)23(5)6)34-14-24(7)33(13-25(34)8)27-11-12-32-26(15-27)9-10-28(32)20-40-35(37)22(3)4/h11-18,28H,1,3,5,9-10,19-20H2,2,4,6-8H3. The zero-order valence-electron chi connectivity index (χ0n) is 24.7. The molecule has 41 heavy (non-hydrogen) atoms. The summed E-state index contributed by atoms with van der Waals surface area (Å²) in [5.41, 5.74) is 10.6. The fourth-order valence-electron chi connectivity index (χ4n) is 5.05. The van der Waals surface area contributed by atoms with Crippen LogP contribution in [0.4, 0.5) is 0 Å². The van der Waals surface area contributed by atoms with Gasteiger partial charge in [0.25, 0.3) is 0 Å². The Hall–Kier alpha value is -4.38. The Kier molecular flexibility index (Phi) is 8.97. The van der Waals surface area contributed by atoms with Crippen molar-refractivity contribution in [3.63, 3.8) is 0 Å². The van der Waals surface area contributed by atoms with Gasteiger partial charge in [0, 0.05) is 23.1 Å². The van der Waals surface area contributed by atoms with Crippen molar-refractivity contribution in [2.45, 2.75) is 53.4 Å². The zero-order chi connectivity index (χ0) is 29.8. The first kappa shape index (κ1) is 29.6. The maximum atomic E-state index is 12.3. The lowest BCUT2D eigenvalue weighted by atomic mass is 9.90. The normalized spacial score (nSPS) is 13.7. The molecule has 1 atom stereocenters. The summed E-state index contributed by atoms with van der Waals surface area (Å²) in [6, 6.07) is 16.5. The average molecular weight is 551 g/mol. The van der Waals surface area contributed by atoms with Gasteiger partial charge in [-0.25, -0.2) is 9.59 Å². The van der Waals surface area contributed by atoms with Crippen molar-refractivity contribution in [1.29, 1.82) is 0 Å². The highest BCUT2D eigenvalue weighted by molar-refractivity contribution is 5.89. The summed E-state index contributed by atoms with van der Waals surface area (Å²) in [6.45, 7) is 21.4. The summed E-state index contributed by atoms with van der Waals surface area (Å²) >= 11 is 0. The molecule has 0 radical (unpaired) electrons. The van der Waals surface area contributed by atoms with Gasteiger partial charge in [-0.1, -0.05) is 50.1 Å². The van der Waals surface area contributed by atoms with Crippen LogP contribution in [0.1, 0.15) is 55.4 Å². The van der Waals surface area contributed by atoms with Gasteiger partial charge in [-0.3, -0.25) is 0 Å². The van der Waals surface area contributed by atoms with Crippen molar-refractivity contribution in [3.05, 3.63) is 107 Å². The van der Waals surface area contributed by atoms with E-state index >= 15 is 0 Å². The van der Waals surface area contributed by atoms with Gasteiger partial charge in [0.15, 0.2) is 0 Å². The number of carbonyl (C=O) groups is 2. The summed E-state index contributed by atoms with van der Waals surface area (Å²) in [5.74, 6) is 0.383. The Bertz CT molecular complexity index is 1560. The largest absolute Gasteiger partial charge is 0.489 e. The molecule has 4 rings (SSSR count). The fraction of sp³-hybridized carbons (Fsp3) is 0.278. The van der Waals surface area contributed by atoms with E-state index in [9.17, 15) is 9.59 Å². The highest BCUT2D eigenvalue weighted by Crippen LogP contribution is 2.39. The molecule has 1 aliphatic rings. The molecule has 5 nitrogen and oxygen atoms in total. The van der Waals surface area contributed by atoms with Gasteiger partial charge in [-0.15, -0.1) is 0 Å². The van der Waals surface area contributed by atoms with Crippen LogP contribution in [0.25, 0.3) is 22.3 Å². The maximum Gasteiger partial charge on any atom is 0.338 e. The molecule has 0 heterocycles. The van der Waals surface area contributed by atoms with Crippen molar-refractivity contribution >= 4 is 11.9 Å². The summed E-state index contributed by atoms with van der Waals surface area (Å²) in [5, 5.41) is 0. The van der Waals surface area contributed by atoms with Crippen LogP contribution in [0.5, 0.6) is 11.5 Å². The second-order valence-corrected chi connectivity index (χ2v) is 11.1. The monoisotopic (exact) mass is 550 g/mol. The van der Waals surface area contributed by atoms with Crippen molar-refractivity contribution in [1.82, 2.24) is 0 Å². The van der Waals surface area contributed by atoms with Gasteiger partial charge >= 0.3 is 11.9 Å². The predicted molar refractivity (Wildman–Crippen MR) is 164 cm³/mol. The third-order valence-electron chi connectivity index (χ3n) is 7.23. The summed E-state index contributed by atoms with van der Waals surface area (Å²) < 4.78 is 16.9. The van der Waals surface area contributed by atoms with Crippen LogP contribution in [0, 0.1) is 13.8 Å². The van der Waals surface area contributed by atoms with Crippen molar-refractivity contribution in [2.75, 3.05) is 13.2 Å². The smallest absolute Gasteiger partial charge is 0.338 e. The molecule has 1 unspecified atom stereocenters. The van der Waals surface area contributed by atoms with Crippen LogP contribution >= 0.6 is 0 Å². The summed E-state index contributed by atoms with van der Waals surface area (Å²) in [4.78, 5) is 24.1. The van der Waals surface area contributed by atoms with Crippen molar-refractivity contribution in [2.24, 2.45) is 0 Å². The SMILES string of the molecule is C=C(C)COc1cc(OC(=O)C(=C)C)cc(-c2cc(C)c(-c3ccc4c(c3)CCC4COC(=O)C(=C)C)cc2C)c1. The van der Waals surface area contributed by atoms with E-state index in [-0.39, 0.29) is 11.9 Å². The fourth-order valence-corrected chi connectivity index (χ4v) is 5.05. The second-order valence-electron chi connectivity index (χ2n) is 11.1.